The van der Waals surface area contributed by atoms with E-state index in [0.717, 1.165) is 31.8 Å². The number of ether oxygens (including phenoxy) is 1. The predicted octanol–water partition coefficient (Wildman–Crippen LogP) is 1.57. The van der Waals surface area contributed by atoms with Crippen LogP contribution in [0, 0.1) is 0 Å². The Labute approximate surface area is 113 Å². The highest BCUT2D eigenvalue weighted by Gasteiger charge is 2.21. The van der Waals surface area contributed by atoms with Gasteiger partial charge < -0.3 is 10.5 Å². The van der Waals surface area contributed by atoms with Crippen molar-refractivity contribution >= 4 is 10.9 Å². The second kappa shape index (κ2) is 5.65. The lowest BCUT2D eigenvalue weighted by Crippen LogP contribution is -2.41. The van der Waals surface area contributed by atoms with Gasteiger partial charge in [0, 0.05) is 37.3 Å². The summed E-state index contributed by atoms with van der Waals surface area (Å²) in [6.45, 7) is 4.07. The molecule has 100 valence electrons. The van der Waals surface area contributed by atoms with Crippen molar-refractivity contribution in [3.05, 3.63) is 42.1 Å². The van der Waals surface area contributed by atoms with Gasteiger partial charge in [-0.05, 0) is 17.7 Å². The number of nitrogens with two attached hydrogens (primary N) is 1. The van der Waals surface area contributed by atoms with Crippen LogP contribution in [0.4, 0.5) is 0 Å². The summed E-state index contributed by atoms with van der Waals surface area (Å²) in [5, 5.41) is 1.17. The normalized spacial score (nSPS) is 18.6. The molecule has 19 heavy (non-hydrogen) atoms. The Bertz CT molecular complexity index is 552. The quantitative estimate of drug-likeness (QED) is 0.906. The summed E-state index contributed by atoms with van der Waals surface area (Å²) >= 11 is 0. The van der Waals surface area contributed by atoms with E-state index in [-0.39, 0.29) is 6.04 Å². The van der Waals surface area contributed by atoms with Gasteiger partial charge in [0.2, 0.25) is 0 Å². The van der Waals surface area contributed by atoms with Gasteiger partial charge in [-0.15, -0.1) is 0 Å². The molecule has 0 saturated carbocycles. The Morgan fingerprint density at radius 1 is 1.26 bits per heavy atom. The summed E-state index contributed by atoms with van der Waals surface area (Å²) in [4.78, 5) is 6.92. The number of morpholine rings is 1. The van der Waals surface area contributed by atoms with Gasteiger partial charge in [-0.2, -0.15) is 0 Å². The molecule has 1 aliphatic heterocycles. The molecule has 4 heteroatoms. The number of hydrogen-bond acceptors (Lipinski definition) is 4. The maximum absolute atomic E-state index is 5.97. The van der Waals surface area contributed by atoms with Crippen molar-refractivity contribution in [2.24, 2.45) is 5.73 Å². The second-order valence-electron chi connectivity index (χ2n) is 4.86. The minimum absolute atomic E-state index is 0.237. The molecule has 0 spiro atoms. The molecule has 0 amide bonds. The fraction of sp³-hybridized carbons (Fsp3) is 0.400. The fourth-order valence-corrected chi connectivity index (χ4v) is 2.66. The molecule has 1 aromatic heterocycles. The molecule has 1 aliphatic rings. The fourth-order valence-electron chi connectivity index (χ4n) is 2.66. The average molecular weight is 257 g/mol. The predicted molar refractivity (Wildman–Crippen MR) is 75.9 cm³/mol. The molecule has 1 aromatic carbocycles. The molecular formula is C15H19N3O. The molecule has 2 N–H and O–H groups in total. The van der Waals surface area contributed by atoms with Crippen LogP contribution in [0.2, 0.25) is 0 Å². The van der Waals surface area contributed by atoms with Crippen LogP contribution in [-0.4, -0.2) is 42.7 Å². The van der Waals surface area contributed by atoms with E-state index in [1.54, 1.807) is 0 Å². The summed E-state index contributed by atoms with van der Waals surface area (Å²) in [5.74, 6) is 0. The van der Waals surface area contributed by atoms with Gasteiger partial charge in [0.1, 0.15) is 0 Å². The van der Waals surface area contributed by atoms with Gasteiger partial charge in [0.15, 0.2) is 0 Å². The van der Waals surface area contributed by atoms with Crippen LogP contribution in [0.15, 0.2) is 36.5 Å². The summed E-state index contributed by atoms with van der Waals surface area (Å²) < 4.78 is 5.40. The van der Waals surface area contributed by atoms with Crippen molar-refractivity contribution in [2.75, 3.05) is 32.8 Å². The first-order valence-corrected chi connectivity index (χ1v) is 6.75. The molecule has 2 heterocycles. The van der Waals surface area contributed by atoms with Crippen LogP contribution < -0.4 is 5.73 Å². The maximum Gasteiger partial charge on any atom is 0.0702 e. The largest absolute Gasteiger partial charge is 0.379 e. The van der Waals surface area contributed by atoms with E-state index in [9.17, 15) is 0 Å². The van der Waals surface area contributed by atoms with Crippen molar-refractivity contribution in [1.29, 1.82) is 0 Å². The van der Waals surface area contributed by atoms with Gasteiger partial charge in [-0.1, -0.05) is 18.2 Å². The van der Waals surface area contributed by atoms with Crippen molar-refractivity contribution < 1.29 is 4.74 Å². The van der Waals surface area contributed by atoms with Gasteiger partial charge in [0.25, 0.3) is 0 Å². The van der Waals surface area contributed by atoms with Gasteiger partial charge in [-0.25, -0.2) is 0 Å². The molecule has 4 nitrogen and oxygen atoms in total. The van der Waals surface area contributed by atoms with Crippen molar-refractivity contribution in [3.63, 3.8) is 0 Å². The molecule has 0 radical (unpaired) electrons. The minimum Gasteiger partial charge on any atom is -0.379 e. The van der Waals surface area contributed by atoms with Crippen LogP contribution in [0.5, 0.6) is 0 Å². The van der Waals surface area contributed by atoms with Crippen LogP contribution in [0.1, 0.15) is 11.6 Å². The molecule has 3 rings (SSSR count). The van der Waals surface area contributed by atoms with Crippen LogP contribution in [0.3, 0.4) is 0 Å². The Balaban J connectivity index is 1.91. The lowest BCUT2D eigenvalue weighted by atomic mass is 10.0. The number of nitrogens with zero attached hydrogens (tertiary/aromatic N) is 2. The zero-order chi connectivity index (χ0) is 13.1. The standard InChI is InChI=1S/C15H19N3O/c16-10-15(18-5-7-19-8-6-18)13-9-12-3-1-2-4-14(12)17-11-13/h1-4,9,11,15H,5-8,10,16H2. The van der Waals surface area contributed by atoms with Gasteiger partial charge >= 0.3 is 0 Å². The number of aromatic nitrogens is 1. The maximum atomic E-state index is 5.97. The number of pyridine rings is 1. The van der Waals surface area contributed by atoms with Gasteiger partial charge in [-0.3, -0.25) is 9.88 Å². The topological polar surface area (TPSA) is 51.4 Å². The lowest BCUT2D eigenvalue weighted by Gasteiger charge is -2.33. The Hall–Kier alpha value is -1.49. The molecule has 2 aromatic rings. The van der Waals surface area contributed by atoms with Crippen molar-refractivity contribution in [1.82, 2.24) is 9.88 Å². The van der Waals surface area contributed by atoms with Crippen LogP contribution in [0.25, 0.3) is 10.9 Å². The van der Waals surface area contributed by atoms with Gasteiger partial charge in [0.05, 0.1) is 18.7 Å². The molecule has 1 fully saturated rings. The van der Waals surface area contributed by atoms with Crippen molar-refractivity contribution in [3.8, 4) is 0 Å². The summed E-state index contributed by atoms with van der Waals surface area (Å²) in [6.07, 6.45) is 1.95. The first-order chi connectivity index (χ1) is 9.38. The first-order valence-electron chi connectivity index (χ1n) is 6.75. The summed E-state index contributed by atoms with van der Waals surface area (Å²) in [6, 6.07) is 10.6. The number of para-hydroxylation sites is 1. The van der Waals surface area contributed by atoms with E-state index in [2.05, 4.69) is 22.0 Å². The number of fused-ring (bicyclic) bond motifs is 1. The van der Waals surface area contributed by atoms with Crippen LogP contribution >= 0.6 is 0 Å². The Morgan fingerprint density at radius 2 is 2.05 bits per heavy atom. The third kappa shape index (κ3) is 2.61. The molecular weight excluding hydrogens is 238 g/mol. The van der Waals surface area contributed by atoms with E-state index < -0.39 is 0 Å². The van der Waals surface area contributed by atoms with E-state index >= 15 is 0 Å². The smallest absolute Gasteiger partial charge is 0.0702 e. The average Bonchev–Trinajstić information content (AvgIpc) is 2.49. The highest BCUT2D eigenvalue weighted by atomic mass is 16.5. The molecule has 1 atom stereocenters. The summed E-state index contributed by atoms with van der Waals surface area (Å²) in [5.41, 5.74) is 8.20. The highest BCUT2D eigenvalue weighted by Crippen LogP contribution is 2.23. The first kappa shape index (κ1) is 12.5. The monoisotopic (exact) mass is 257 g/mol. The number of rotatable bonds is 3. The third-order valence-corrected chi connectivity index (χ3v) is 3.71. The van der Waals surface area contributed by atoms with E-state index in [1.807, 2.05) is 24.4 Å². The summed E-state index contributed by atoms with van der Waals surface area (Å²) in [7, 11) is 0. The molecule has 0 bridgehead atoms. The third-order valence-electron chi connectivity index (χ3n) is 3.71. The molecule has 1 saturated heterocycles. The minimum atomic E-state index is 0.237. The van der Waals surface area contributed by atoms with E-state index in [0.29, 0.717) is 6.54 Å². The Morgan fingerprint density at radius 3 is 2.84 bits per heavy atom. The second-order valence-corrected chi connectivity index (χ2v) is 4.86. The lowest BCUT2D eigenvalue weighted by molar-refractivity contribution is 0.0178. The van der Waals surface area contributed by atoms with E-state index in [1.165, 1.54) is 10.9 Å². The molecule has 1 unspecified atom stereocenters. The SMILES string of the molecule is NCC(c1cnc2ccccc2c1)N1CCOCC1. The highest BCUT2D eigenvalue weighted by molar-refractivity contribution is 5.78. The van der Waals surface area contributed by atoms with Crippen LogP contribution in [-0.2, 0) is 4.74 Å². The zero-order valence-electron chi connectivity index (χ0n) is 11.0. The Kier molecular flexibility index (Phi) is 3.73. The van der Waals surface area contributed by atoms with E-state index in [4.69, 9.17) is 10.5 Å². The van der Waals surface area contributed by atoms with Crippen molar-refractivity contribution in [2.45, 2.75) is 6.04 Å². The number of benzene rings is 1. The molecule has 0 aliphatic carbocycles. The number of hydrogen-bond donors (Lipinski definition) is 1. The zero-order valence-corrected chi connectivity index (χ0v) is 11.0.